The van der Waals surface area contributed by atoms with Crippen molar-refractivity contribution in [2.45, 2.75) is 13.3 Å². The molecule has 1 aromatic rings. The van der Waals surface area contributed by atoms with Crippen molar-refractivity contribution < 1.29 is 14.7 Å². The van der Waals surface area contributed by atoms with Crippen molar-refractivity contribution in [2.24, 2.45) is 0 Å². The van der Waals surface area contributed by atoms with Gasteiger partial charge in [-0.3, -0.25) is 4.79 Å². The minimum atomic E-state index is -0.994. The summed E-state index contributed by atoms with van der Waals surface area (Å²) in [5, 5.41) is 14.3. The predicted molar refractivity (Wildman–Crippen MR) is 63.1 cm³/mol. The number of carbonyl (C=O) groups is 2. The van der Waals surface area contributed by atoms with Crippen molar-refractivity contribution in [1.82, 2.24) is 10.3 Å². The summed E-state index contributed by atoms with van der Waals surface area (Å²) in [6.45, 7) is 2.09. The third-order valence-electron chi connectivity index (χ3n) is 2.25. The van der Waals surface area contributed by atoms with Gasteiger partial charge < -0.3 is 15.7 Å². The Morgan fingerprint density at radius 2 is 2.12 bits per heavy atom. The third kappa shape index (κ3) is 3.75. The number of aryl methyl sites for hydroxylation is 1. The lowest BCUT2D eigenvalue weighted by Gasteiger charge is -2.07. The van der Waals surface area contributed by atoms with Crippen LogP contribution in [0.25, 0.3) is 0 Å². The van der Waals surface area contributed by atoms with Crippen LogP contribution in [0.3, 0.4) is 0 Å². The number of hydrogen-bond acceptors (Lipinski definition) is 4. The minimum absolute atomic E-state index is 0.0589. The van der Waals surface area contributed by atoms with Gasteiger partial charge in [0.25, 0.3) is 0 Å². The van der Waals surface area contributed by atoms with Crippen LogP contribution in [-0.2, 0) is 4.79 Å². The molecule has 1 rings (SSSR count). The number of hydrogen-bond donors (Lipinski definition) is 3. The first-order valence-electron chi connectivity index (χ1n) is 5.20. The van der Waals surface area contributed by atoms with E-state index in [0.29, 0.717) is 24.5 Å². The molecule has 6 heteroatoms. The number of carboxylic acids is 1. The number of nitrogens with zero attached hydrogens (tertiary/aromatic N) is 1. The van der Waals surface area contributed by atoms with Crippen LogP contribution in [0, 0.1) is 6.92 Å². The molecule has 0 aliphatic heterocycles. The van der Waals surface area contributed by atoms with Crippen LogP contribution in [0.1, 0.15) is 22.5 Å². The zero-order chi connectivity index (χ0) is 12.8. The Hall–Kier alpha value is -2.11. The van der Waals surface area contributed by atoms with Crippen molar-refractivity contribution in [1.29, 1.82) is 0 Å². The summed E-state index contributed by atoms with van der Waals surface area (Å²) in [5.41, 5.74) is 0.629. The summed E-state index contributed by atoms with van der Waals surface area (Å²) >= 11 is 0. The Bertz CT molecular complexity index is 432. The zero-order valence-electron chi connectivity index (χ0n) is 9.78. The van der Waals surface area contributed by atoms with E-state index in [1.807, 2.05) is 0 Å². The second-order valence-electron chi connectivity index (χ2n) is 3.48. The van der Waals surface area contributed by atoms with E-state index in [4.69, 9.17) is 5.11 Å². The highest BCUT2D eigenvalue weighted by Gasteiger charge is 2.08. The molecule has 92 valence electrons. The van der Waals surface area contributed by atoms with E-state index in [-0.39, 0.29) is 11.5 Å². The molecule has 0 radical (unpaired) electrons. The van der Waals surface area contributed by atoms with Gasteiger partial charge in [0.15, 0.2) is 0 Å². The topological polar surface area (TPSA) is 91.3 Å². The smallest absolute Gasteiger partial charge is 0.337 e. The molecule has 1 aromatic heterocycles. The molecule has 0 aromatic carbocycles. The van der Waals surface area contributed by atoms with Gasteiger partial charge in [0, 0.05) is 20.0 Å². The molecular formula is C11H15N3O3. The highest BCUT2D eigenvalue weighted by molar-refractivity contribution is 5.89. The van der Waals surface area contributed by atoms with Gasteiger partial charge >= 0.3 is 5.97 Å². The maximum absolute atomic E-state index is 11.0. The number of carbonyl (C=O) groups excluding carboxylic acids is 1. The molecule has 0 atom stereocenters. The van der Waals surface area contributed by atoms with Gasteiger partial charge in [0.1, 0.15) is 5.82 Å². The molecular weight excluding hydrogens is 222 g/mol. The van der Waals surface area contributed by atoms with Gasteiger partial charge in [-0.2, -0.15) is 0 Å². The van der Waals surface area contributed by atoms with E-state index in [2.05, 4.69) is 15.6 Å². The van der Waals surface area contributed by atoms with E-state index < -0.39 is 5.97 Å². The standard InChI is InChI=1S/C11H15N3O3/c1-7-8(11(16)17)3-4-9(14-7)13-6-5-10(15)12-2/h3-4H,5-6H2,1-2H3,(H,12,15)(H,13,14)(H,16,17). The summed E-state index contributed by atoms with van der Waals surface area (Å²) in [4.78, 5) is 25.8. The highest BCUT2D eigenvalue weighted by Crippen LogP contribution is 2.10. The molecule has 6 nitrogen and oxygen atoms in total. The SMILES string of the molecule is CNC(=O)CCNc1ccc(C(=O)O)c(C)n1. The Labute approximate surface area is 99.1 Å². The summed E-state index contributed by atoms with van der Waals surface area (Å²) < 4.78 is 0. The fourth-order valence-electron chi connectivity index (χ4n) is 1.31. The molecule has 0 aliphatic rings. The van der Waals surface area contributed by atoms with Crippen LogP contribution in [0.4, 0.5) is 5.82 Å². The minimum Gasteiger partial charge on any atom is -0.478 e. The number of rotatable bonds is 5. The Morgan fingerprint density at radius 3 is 2.65 bits per heavy atom. The molecule has 0 unspecified atom stereocenters. The second-order valence-corrected chi connectivity index (χ2v) is 3.48. The van der Waals surface area contributed by atoms with E-state index in [1.54, 1.807) is 20.0 Å². The number of pyridine rings is 1. The molecule has 1 heterocycles. The maximum Gasteiger partial charge on any atom is 0.337 e. The number of aromatic nitrogens is 1. The number of anilines is 1. The molecule has 0 saturated carbocycles. The number of amides is 1. The zero-order valence-corrected chi connectivity index (χ0v) is 9.78. The van der Waals surface area contributed by atoms with Gasteiger partial charge in [-0.15, -0.1) is 0 Å². The molecule has 3 N–H and O–H groups in total. The molecule has 0 spiro atoms. The van der Waals surface area contributed by atoms with Gasteiger partial charge in [0.2, 0.25) is 5.91 Å². The van der Waals surface area contributed by atoms with Crippen molar-refractivity contribution in [3.05, 3.63) is 23.4 Å². The third-order valence-corrected chi connectivity index (χ3v) is 2.25. The highest BCUT2D eigenvalue weighted by atomic mass is 16.4. The summed E-state index contributed by atoms with van der Waals surface area (Å²) in [6, 6.07) is 3.08. The van der Waals surface area contributed by atoms with E-state index >= 15 is 0 Å². The maximum atomic E-state index is 11.0. The first kappa shape index (κ1) is 13.0. The van der Waals surface area contributed by atoms with Crippen LogP contribution >= 0.6 is 0 Å². The lowest BCUT2D eigenvalue weighted by atomic mass is 10.2. The average molecular weight is 237 g/mol. The fraction of sp³-hybridized carbons (Fsp3) is 0.364. The average Bonchev–Trinajstić information content (AvgIpc) is 2.28. The van der Waals surface area contributed by atoms with Gasteiger partial charge in [-0.25, -0.2) is 9.78 Å². The van der Waals surface area contributed by atoms with E-state index in [9.17, 15) is 9.59 Å². The first-order chi connectivity index (χ1) is 8.04. The summed E-state index contributed by atoms with van der Waals surface area (Å²) in [5.74, 6) is -0.486. The van der Waals surface area contributed by atoms with E-state index in [1.165, 1.54) is 6.07 Å². The lowest BCUT2D eigenvalue weighted by Crippen LogP contribution is -2.21. The Kier molecular flexibility index (Phi) is 4.45. The molecule has 0 bridgehead atoms. The lowest BCUT2D eigenvalue weighted by molar-refractivity contribution is -0.120. The fourth-order valence-corrected chi connectivity index (χ4v) is 1.31. The van der Waals surface area contributed by atoms with Crippen LogP contribution < -0.4 is 10.6 Å². The molecule has 0 aliphatic carbocycles. The Balaban J connectivity index is 2.59. The quantitative estimate of drug-likeness (QED) is 0.699. The Morgan fingerprint density at radius 1 is 1.41 bits per heavy atom. The number of aromatic carboxylic acids is 1. The summed E-state index contributed by atoms with van der Waals surface area (Å²) in [6.07, 6.45) is 0.345. The number of carboxylic acid groups (broad SMARTS) is 1. The predicted octanol–water partition coefficient (Wildman–Crippen LogP) is 0.636. The van der Waals surface area contributed by atoms with Gasteiger partial charge in [0.05, 0.1) is 11.3 Å². The molecule has 1 amide bonds. The monoisotopic (exact) mass is 237 g/mol. The molecule has 17 heavy (non-hydrogen) atoms. The van der Waals surface area contributed by atoms with Crippen molar-refractivity contribution >= 4 is 17.7 Å². The van der Waals surface area contributed by atoms with Crippen LogP contribution in [0.2, 0.25) is 0 Å². The first-order valence-corrected chi connectivity index (χ1v) is 5.20. The summed E-state index contributed by atoms with van der Waals surface area (Å²) in [7, 11) is 1.58. The van der Waals surface area contributed by atoms with Crippen LogP contribution in [0.15, 0.2) is 12.1 Å². The second kappa shape index (κ2) is 5.83. The normalized spacial score (nSPS) is 9.76. The largest absolute Gasteiger partial charge is 0.478 e. The molecule has 0 fully saturated rings. The van der Waals surface area contributed by atoms with Gasteiger partial charge in [-0.05, 0) is 19.1 Å². The van der Waals surface area contributed by atoms with Crippen molar-refractivity contribution in [3.8, 4) is 0 Å². The number of nitrogens with one attached hydrogen (secondary N) is 2. The van der Waals surface area contributed by atoms with Crippen molar-refractivity contribution in [3.63, 3.8) is 0 Å². The van der Waals surface area contributed by atoms with Crippen LogP contribution in [-0.4, -0.2) is 35.6 Å². The van der Waals surface area contributed by atoms with Crippen molar-refractivity contribution in [2.75, 3.05) is 18.9 Å². The van der Waals surface area contributed by atoms with Crippen LogP contribution in [0.5, 0.6) is 0 Å². The van der Waals surface area contributed by atoms with Gasteiger partial charge in [-0.1, -0.05) is 0 Å². The van der Waals surface area contributed by atoms with E-state index in [0.717, 1.165) is 0 Å². The molecule has 0 saturated heterocycles.